The highest BCUT2D eigenvalue weighted by molar-refractivity contribution is 5.91. The van der Waals surface area contributed by atoms with E-state index in [9.17, 15) is 24.0 Å². The van der Waals surface area contributed by atoms with Crippen molar-refractivity contribution in [2.24, 2.45) is 0 Å². The Morgan fingerprint density at radius 2 is 1.08 bits per heavy atom. The molecule has 2 heterocycles. The lowest BCUT2D eigenvalue weighted by Crippen LogP contribution is -2.13. The molecular weight excluding hydrogens is 644 g/mol. The molecule has 0 amide bonds. The number of nitrogens with one attached hydrogen (secondary N) is 2. The summed E-state index contributed by atoms with van der Waals surface area (Å²) < 4.78 is 26.3. The van der Waals surface area contributed by atoms with E-state index in [1.165, 1.54) is 14.2 Å². The summed E-state index contributed by atoms with van der Waals surface area (Å²) in [5.41, 5.74) is 5.07. The van der Waals surface area contributed by atoms with Crippen LogP contribution in [0.25, 0.3) is 0 Å². The molecule has 0 atom stereocenters. The number of rotatable bonds is 17. The van der Waals surface area contributed by atoms with Crippen LogP contribution in [0, 0.1) is 6.92 Å². The first-order valence-electron chi connectivity index (χ1n) is 16.3. The number of ether oxygens (including phenoxy) is 5. The van der Waals surface area contributed by atoms with E-state index in [0.717, 1.165) is 11.1 Å². The minimum Gasteiger partial charge on any atom is -0.469 e. The van der Waals surface area contributed by atoms with Crippen molar-refractivity contribution in [1.82, 2.24) is 9.97 Å². The molecule has 2 aromatic carbocycles. The Bertz CT molecular complexity index is 1790. The van der Waals surface area contributed by atoms with Crippen LogP contribution < -0.4 is 0 Å². The number of esters is 5. The summed E-state index contributed by atoms with van der Waals surface area (Å²) >= 11 is 0. The first-order valence-corrected chi connectivity index (χ1v) is 16.3. The normalized spacial score (nSPS) is 10.7. The largest absolute Gasteiger partial charge is 0.469 e. The fraction of sp³-hybridized carbons (Fsp3) is 0.342. The Hall–Kier alpha value is -5.65. The molecule has 0 aliphatic carbocycles. The van der Waals surface area contributed by atoms with Gasteiger partial charge in [-0.25, -0.2) is 9.59 Å². The monoisotopic (exact) mass is 686 g/mol. The molecule has 50 heavy (non-hydrogen) atoms. The van der Waals surface area contributed by atoms with E-state index in [4.69, 9.17) is 23.7 Å². The maximum absolute atomic E-state index is 13.6. The molecule has 12 heteroatoms. The summed E-state index contributed by atoms with van der Waals surface area (Å²) in [6, 6.07) is 18.4. The summed E-state index contributed by atoms with van der Waals surface area (Å²) in [6.45, 7) is 3.65. The first-order chi connectivity index (χ1) is 24.1. The van der Waals surface area contributed by atoms with Gasteiger partial charge in [-0.05, 0) is 60.1 Å². The van der Waals surface area contributed by atoms with E-state index < -0.39 is 29.8 Å². The molecule has 0 unspecified atom stereocenters. The lowest BCUT2D eigenvalue weighted by Gasteiger charge is -2.10. The number of hydrogen-bond donors (Lipinski definition) is 2. The number of hydrogen-bond acceptors (Lipinski definition) is 10. The third-order valence-electron chi connectivity index (χ3n) is 8.20. The molecule has 12 nitrogen and oxygen atoms in total. The third-order valence-corrected chi connectivity index (χ3v) is 8.20. The van der Waals surface area contributed by atoms with Gasteiger partial charge in [0.1, 0.15) is 24.6 Å². The Morgan fingerprint density at radius 1 is 0.600 bits per heavy atom. The molecule has 0 saturated heterocycles. The van der Waals surface area contributed by atoms with Crippen LogP contribution in [0.3, 0.4) is 0 Å². The van der Waals surface area contributed by atoms with Crippen LogP contribution in [-0.4, -0.2) is 60.6 Å². The third kappa shape index (κ3) is 9.94. The van der Waals surface area contributed by atoms with Crippen molar-refractivity contribution < 1.29 is 47.7 Å². The van der Waals surface area contributed by atoms with Gasteiger partial charge in [0.25, 0.3) is 0 Å². The molecule has 0 aliphatic heterocycles. The fourth-order valence-electron chi connectivity index (χ4n) is 5.62. The maximum atomic E-state index is 13.6. The average Bonchev–Trinajstić information content (AvgIpc) is 3.63. The zero-order chi connectivity index (χ0) is 36.0. The lowest BCUT2D eigenvalue weighted by molar-refractivity contribution is -0.142. The van der Waals surface area contributed by atoms with Crippen molar-refractivity contribution in [3.05, 3.63) is 117 Å². The lowest BCUT2D eigenvalue weighted by atomic mass is 9.97. The SMILES string of the molecule is CCOC(=O)Cc1c(Cc2[nH]c(C(=O)OCc3ccccc3)c(C)c2CCC(=O)OC)[nH]c(C(=O)OCc2ccccc2)c1CCC(=O)OC. The van der Waals surface area contributed by atoms with E-state index in [-0.39, 0.29) is 69.7 Å². The van der Waals surface area contributed by atoms with Crippen LogP contribution in [0.5, 0.6) is 0 Å². The second kappa shape index (κ2) is 18.2. The molecule has 2 N–H and O–H groups in total. The number of carbonyl (C=O) groups is 5. The predicted octanol–water partition coefficient (Wildman–Crippen LogP) is 5.27. The van der Waals surface area contributed by atoms with Gasteiger partial charge in [-0.3, -0.25) is 14.4 Å². The molecule has 0 bridgehead atoms. The van der Waals surface area contributed by atoms with Crippen LogP contribution in [0.15, 0.2) is 60.7 Å². The minimum atomic E-state index is -0.677. The van der Waals surface area contributed by atoms with Gasteiger partial charge in [-0.2, -0.15) is 0 Å². The van der Waals surface area contributed by atoms with Gasteiger partial charge in [0.15, 0.2) is 0 Å². The van der Waals surface area contributed by atoms with Crippen molar-refractivity contribution >= 4 is 29.8 Å². The zero-order valence-electron chi connectivity index (χ0n) is 28.7. The number of methoxy groups -OCH3 is 2. The molecular formula is C38H42N2O10. The second-order valence-corrected chi connectivity index (χ2v) is 11.5. The first kappa shape index (κ1) is 37.2. The summed E-state index contributed by atoms with van der Waals surface area (Å²) in [5, 5.41) is 0. The molecule has 0 aliphatic rings. The van der Waals surface area contributed by atoms with Crippen molar-refractivity contribution in [2.45, 2.75) is 65.6 Å². The number of carbonyl (C=O) groups excluding carboxylic acids is 5. The van der Waals surface area contributed by atoms with Crippen LogP contribution >= 0.6 is 0 Å². The Kier molecular flexibility index (Phi) is 13.5. The van der Waals surface area contributed by atoms with Crippen molar-refractivity contribution in [3.8, 4) is 0 Å². The molecule has 264 valence electrons. The van der Waals surface area contributed by atoms with Gasteiger partial charge in [-0.15, -0.1) is 0 Å². The Balaban J connectivity index is 1.76. The van der Waals surface area contributed by atoms with Crippen molar-refractivity contribution in [2.75, 3.05) is 20.8 Å². The Labute approximate surface area is 290 Å². The molecule has 4 rings (SSSR count). The van der Waals surface area contributed by atoms with Crippen LogP contribution in [0.1, 0.15) is 85.5 Å². The van der Waals surface area contributed by atoms with Gasteiger partial charge < -0.3 is 33.7 Å². The van der Waals surface area contributed by atoms with E-state index in [1.54, 1.807) is 13.8 Å². The Morgan fingerprint density at radius 3 is 1.60 bits per heavy atom. The predicted molar refractivity (Wildman–Crippen MR) is 181 cm³/mol. The van der Waals surface area contributed by atoms with Crippen molar-refractivity contribution in [3.63, 3.8) is 0 Å². The van der Waals surface area contributed by atoms with Crippen molar-refractivity contribution in [1.29, 1.82) is 0 Å². The van der Waals surface area contributed by atoms with Crippen LogP contribution in [-0.2, 0) is 77.0 Å². The van der Waals surface area contributed by atoms with E-state index >= 15 is 0 Å². The van der Waals surface area contributed by atoms with Gasteiger partial charge in [0, 0.05) is 30.7 Å². The van der Waals surface area contributed by atoms with Gasteiger partial charge in [0.05, 0.1) is 27.2 Å². The molecule has 2 aromatic heterocycles. The van der Waals surface area contributed by atoms with E-state index in [0.29, 0.717) is 33.6 Å². The summed E-state index contributed by atoms with van der Waals surface area (Å²) in [5.74, 6) is -2.72. The summed E-state index contributed by atoms with van der Waals surface area (Å²) in [7, 11) is 2.57. The highest BCUT2D eigenvalue weighted by Gasteiger charge is 2.28. The molecule has 0 spiro atoms. The molecule has 0 fully saturated rings. The average molecular weight is 687 g/mol. The highest BCUT2D eigenvalue weighted by Crippen LogP contribution is 2.29. The summed E-state index contributed by atoms with van der Waals surface area (Å²) in [6.07, 6.45) is 0.185. The number of aromatic amines is 2. The van der Waals surface area contributed by atoms with Gasteiger partial charge in [-0.1, -0.05) is 60.7 Å². The zero-order valence-corrected chi connectivity index (χ0v) is 28.7. The van der Waals surface area contributed by atoms with Crippen LogP contribution in [0.2, 0.25) is 0 Å². The quantitative estimate of drug-likeness (QED) is 0.110. The number of aromatic nitrogens is 2. The fourth-order valence-corrected chi connectivity index (χ4v) is 5.62. The molecule has 4 aromatic rings. The molecule has 0 radical (unpaired) electrons. The standard InChI is InChI=1S/C38H42N2O10/c1-5-48-34(43)20-29-28(17-19-33(42)47-4)36(38(45)50-23-26-14-10-7-11-15-26)40-31(29)21-30-27(16-18-32(41)46-3)24(2)35(39-30)37(44)49-22-25-12-8-6-9-13-25/h6-15,39-40H,5,16-23H2,1-4H3. The molecule has 0 saturated carbocycles. The van der Waals surface area contributed by atoms with Gasteiger partial charge in [0.2, 0.25) is 0 Å². The highest BCUT2D eigenvalue weighted by atomic mass is 16.5. The van der Waals surface area contributed by atoms with E-state index in [2.05, 4.69) is 9.97 Å². The number of benzene rings is 2. The topological polar surface area (TPSA) is 163 Å². The summed E-state index contributed by atoms with van der Waals surface area (Å²) in [4.78, 5) is 70.6. The van der Waals surface area contributed by atoms with Gasteiger partial charge >= 0.3 is 29.8 Å². The minimum absolute atomic E-state index is 0.000367. The van der Waals surface area contributed by atoms with Crippen LogP contribution in [0.4, 0.5) is 0 Å². The smallest absolute Gasteiger partial charge is 0.355 e. The second-order valence-electron chi connectivity index (χ2n) is 11.5. The number of H-pyrrole nitrogens is 2. The van der Waals surface area contributed by atoms with E-state index in [1.807, 2.05) is 60.7 Å². The maximum Gasteiger partial charge on any atom is 0.355 e.